The highest BCUT2D eigenvalue weighted by Gasteiger charge is 2.24. The quantitative estimate of drug-likeness (QED) is 0.666. The number of nitro benzene ring substituents is 1. The molecule has 1 aromatic carbocycles. The monoisotopic (exact) mass is 259 g/mol. The van der Waals surface area contributed by atoms with Crippen LogP contribution in [0.1, 0.15) is 38.2 Å². The van der Waals surface area contributed by atoms with E-state index in [1.165, 1.54) is 12.5 Å². The van der Waals surface area contributed by atoms with Crippen LogP contribution in [0, 0.1) is 27.4 Å². The minimum atomic E-state index is -0.434. The fraction of sp³-hybridized carbons (Fsp3) is 0.500. The van der Waals surface area contributed by atoms with Crippen LogP contribution in [0.25, 0.3) is 0 Å². The third-order valence-corrected chi connectivity index (χ3v) is 3.78. The second-order valence-electron chi connectivity index (χ2n) is 5.11. The van der Waals surface area contributed by atoms with E-state index in [-0.39, 0.29) is 11.7 Å². The predicted octanol–water partition coefficient (Wildman–Crippen LogP) is 3.46. The van der Waals surface area contributed by atoms with Gasteiger partial charge >= 0.3 is 0 Å². The summed E-state index contributed by atoms with van der Waals surface area (Å²) in [5.74, 6) is 0.518. The lowest BCUT2D eigenvalue weighted by Gasteiger charge is -2.30. The van der Waals surface area contributed by atoms with Crippen molar-refractivity contribution >= 4 is 11.4 Å². The average Bonchev–Trinajstić information content (AvgIpc) is 2.41. The Morgan fingerprint density at radius 1 is 1.42 bits per heavy atom. The number of benzene rings is 1. The number of nitriles is 1. The summed E-state index contributed by atoms with van der Waals surface area (Å²) in [6.45, 7) is 2.17. The lowest BCUT2D eigenvalue weighted by molar-refractivity contribution is -0.384. The Morgan fingerprint density at radius 2 is 2.16 bits per heavy atom. The molecule has 5 nitrogen and oxygen atoms in total. The predicted molar refractivity (Wildman–Crippen MR) is 72.9 cm³/mol. The maximum atomic E-state index is 11.1. The lowest BCUT2D eigenvalue weighted by Crippen LogP contribution is -2.30. The van der Waals surface area contributed by atoms with Gasteiger partial charge in [-0.15, -0.1) is 0 Å². The molecule has 2 atom stereocenters. The molecule has 19 heavy (non-hydrogen) atoms. The molecule has 0 heterocycles. The Morgan fingerprint density at radius 3 is 2.79 bits per heavy atom. The molecule has 1 fully saturated rings. The number of nitro groups is 1. The van der Waals surface area contributed by atoms with Crippen molar-refractivity contribution in [1.82, 2.24) is 0 Å². The van der Waals surface area contributed by atoms with Gasteiger partial charge in [0, 0.05) is 12.1 Å². The minimum absolute atomic E-state index is 0.0168. The fourth-order valence-electron chi connectivity index (χ4n) is 2.60. The highest BCUT2D eigenvalue weighted by molar-refractivity contribution is 5.64. The summed E-state index contributed by atoms with van der Waals surface area (Å²) in [4.78, 5) is 10.6. The van der Waals surface area contributed by atoms with Gasteiger partial charge in [-0.2, -0.15) is 5.26 Å². The summed E-state index contributed by atoms with van der Waals surface area (Å²) < 4.78 is 0. The van der Waals surface area contributed by atoms with Gasteiger partial charge in [0.2, 0.25) is 0 Å². The van der Waals surface area contributed by atoms with E-state index in [1.807, 2.05) is 6.07 Å². The molecule has 1 aromatic rings. The zero-order valence-corrected chi connectivity index (χ0v) is 10.9. The van der Waals surface area contributed by atoms with Crippen molar-refractivity contribution in [2.75, 3.05) is 5.32 Å². The Labute approximate surface area is 112 Å². The molecule has 5 heteroatoms. The van der Waals surface area contributed by atoms with Crippen LogP contribution >= 0.6 is 0 Å². The molecule has 0 radical (unpaired) electrons. The Bertz CT molecular complexity index is 522. The first kappa shape index (κ1) is 13.3. The molecule has 0 spiro atoms. The van der Waals surface area contributed by atoms with Gasteiger partial charge in [0.1, 0.15) is 5.69 Å². The third kappa shape index (κ3) is 3.02. The molecule has 1 saturated carbocycles. The first-order chi connectivity index (χ1) is 9.11. The van der Waals surface area contributed by atoms with E-state index >= 15 is 0 Å². The summed E-state index contributed by atoms with van der Waals surface area (Å²) in [5.41, 5.74) is 0.813. The zero-order valence-electron chi connectivity index (χ0n) is 10.9. The average molecular weight is 259 g/mol. The van der Waals surface area contributed by atoms with Crippen LogP contribution < -0.4 is 5.32 Å². The molecule has 0 aliphatic heterocycles. The standard InChI is InChI=1S/C14H17N3O2/c1-10-4-2-3-5-12(10)16-13-7-6-11(9-15)8-14(13)17(18)19/h6-8,10,12,16H,2-5H2,1H3. The van der Waals surface area contributed by atoms with Gasteiger partial charge < -0.3 is 5.32 Å². The molecule has 0 bridgehead atoms. The molecule has 0 amide bonds. The summed E-state index contributed by atoms with van der Waals surface area (Å²) >= 11 is 0. The van der Waals surface area contributed by atoms with E-state index in [0.717, 1.165) is 19.3 Å². The van der Waals surface area contributed by atoms with Crippen LogP contribution in [-0.2, 0) is 0 Å². The van der Waals surface area contributed by atoms with Gasteiger partial charge in [-0.3, -0.25) is 10.1 Å². The number of hydrogen-bond donors (Lipinski definition) is 1. The van der Waals surface area contributed by atoms with Crippen LogP contribution in [-0.4, -0.2) is 11.0 Å². The van der Waals surface area contributed by atoms with Crippen LogP contribution in [0.15, 0.2) is 18.2 Å². The van der Waals surface area contributed by atoms with Gasteiger partial charge in [-0.25, -0.2) is 0 Å². The molecule has 0 aromatic heterocycles. The van der Waals surface area contributed by atoms with Crippen LogP contribution in [0.5, 0.6) is 0 Å². The summed E-state index contributed by atoms with van der Waals surface area (Å²) in [5, 5.41) is 23.2. The zero-order chi connectivity index (χ0) is 13.8. The van der Waals surface area contributed by atoms with E-state index in [1.54, 1.807) is 12.1 Å². The van der Waals surface area contributed by atoms with Crippen LogP contribution in [0.2, 0.25) is 0 Å². The molecular formula is C14H17N3O2. The number of rotatable bonds is 3. The highest BCUT2D eigenvalue weighted by atomic mass is 16.6. The number of nitrogens with zero attached hydrogens (tertiary/aromatic N) is 2. The van der Waals surface area contributed by atoms with Crippen molar-refractivity contribution in [3.63, 3.8) is 0 Å². The molecule has 2 rings (SSSR count). The smallest absolute Gasteiger partial charge is 0.293 e. The summed E-state index contributed by atoms with van der Waals surface area (Å²) in [6, 6.07) is 6.79. The lowest BCUT2D eigenvalue weighted by atomic mass is 9.86. The van der Waals surface area contributed by atoms with Gasteiger partial charge in [0.15, 0.2) is 0 Å². The Kier molecular flexibility index (Phi) is 4.00. The topological polar surface area (TPSA) is 79.0 Å². The highest BCUT2D eigenvalue weighted by Crippen LogP contribution is 2.31. The van der Waals surface area contributed by atoms with E-state index in [0.29, 0.717) is 17.2 Å². The maximum absolute atomic E-state index is 11.1. The molecule has 0 saturated heterocycles. The van der Waals surface area contributed by atoms with E-state index in [2.05, 4.69) is 12.2 Å². The van der Waals surface area contributed by atoms with E-state index < -0.39 is 4.92 Å². The fourth-order valence-corrected chi connectivity index (χ4v) is 2.60. The number of hydrogen-bond acceptors (Lipinski definition) is 4. The maximum Gasteiger partial charge on any atom is 0.293 e. The molecule has 1 aliphatic rings. The molecule has 1 aliphatic carbocycles. The van der Waals surface area contributed by atoms with Crippen molar-refractivity contribution in [1.29, 1.82) is 5.26 Å². The SMILES string of the molecule is CC1CCCCC1Nc1ccc(C#N)cc1[N+](=O)[O-]. The number of nitrogens with one attached hydrogen (secondary N) is 1. The first-order valence-corrected chi connectivity index (χ1v) is 6.57. The van der Waals surface area contributed by atoms with Gasteiger partial charge in [0.05, 0.1) is 16.6 Å². The van der Waals surface area contributed by atoms with Crippen molar-refractivity contribution in [3.05, 3.63) is 33.9 Å². The van der Waals surface area contributed by atoms with Crippen molar-refractivity contribution in [2.45, 2.75) is 38.6 Å². The first-order valence-electron chi connectivity index (χ1n) is 6.57. The number of anilines is 1. The van der Waals surface area contributed by atoms with E-state index in [9.17, 15) is 10.1 Å². The summed E-state index contributed by atoms with van der Waals surface area (Å²) in [6.07, 6.45) is 4.58. The van der Waals surface area contributed by atoms with Crippen LogP contribution in [0.4, 0.5) is 11.4 Å². The molecule has 1 N–H and O–H groups in total. The van der Waals surface area contributed by atoms with E-state index in [4.69, 9.17) is 5.26 Å². The normalized spacial score (nSPS) is 22.5. The minimum Gasteiger partial charge on any atom is -0.376 e. The third-order valence-electron chi connectivity index (χ3n) is 3.78. The van der Waals surface area contributed by atoms with Crippen molar-refractivity contribution < 1.29 is 4.92 Å². The van der Waals surface area contributed by atoms with Gasteiger partial charge in [-0.05, 0) is 30.9 Å². The van der Waals surface area contributed by atoms with Gasteiger partial charge in [-0.1, -0.05) is 19.8 Å². The van der Waals surface area contributed by atoms with Crippen molar-refractivity contribution in [3.8, 4) is 6.07 Å². The second-order valence-corrected chi connectivity index (χ2v) is 5.11. The van der Waals surface area contributed by atoms with Crippen LogP contribution in [0.3, 0.4) is 0 Å². The summed E-state index contributed by atoms with van der Waals surface area (Å²) in [7, 11) is 0. The Hall–Kier alpha value is -2.09. The van der Waals surface area contributed by atoms with Crippen molar-refractivity contribution in [2.24, 2.45) is 5.92 Å². The molecule has 2 unspecified atom stereocenters. The second kappa shape index (κ2) is 5.70. The molecule has 100 valence electrons. The molecular weight excluding hydrogens is 242 g/mol. The largest absolute Gasteiger partial charge is 0.376 e. The van der Waals surface area contributed by atoms with Gasteiger partial charge in [0.25, 0.3) is 5.69 Å². The Balaban J connectivity index is 2.24.